The second-order valence-electron chi connectivity index (χ2n) is 5.00. The van der Waals surface area contributed by atoms with Crippen LogP contribution in [0.4, 0.5) is 0 Å². The summed E-state index contributed by atoms with van der Waals surface area (Å²) in [5.41, 5.74) is 0. The van der Waals surface area contributed by atoms with Crippen LogP contribution in [0.2, 0.25) is 0 Å². The summed E-state index contributed by atoms with van der Waals surface area (Å²) >= 11 is 0. The van der Waals surface area contributed by atoms with Gasteiger partial charge in [-0.1, -0.05) is 19.8 Å². The quantitative estimate of drug-likeness (QED) is 0.551. The van der Waals surface area contributed by atoms with Crippen molar-refractivity contribution >= 4 is 17.8 Å². The molecule has 114 valence electrons. The van der Waals surface area contributed by atoms with E-state index in [2.05, 4.69) is 17.6 Å². The van der Waals surface area contributed by atoms with Crippen LogP contribution in [-0.2, 0) is 14.4 Å². The smallest absolute Gasteiger partial charge is 0.322 e. The van der Waals surface area contributed by atoms with Crippen LogP contribution in [0.25, 0.3) is 0 Å². The van der Waals surface area contributed by atoms with E-state index in [1.807, 2.05) is 0 Å². The lowest BCUT2D eigenvalue weighted by Crippen LogP contribution is -2.62. The van der Waals surface area contributed by atoms with Gasteiger partial charge in [0.2, 0.25) is 11.8 Å². The van der Waals surface area contributed by atoms with Gasteiger partial charge in [-0.05, 0) is 13.3 Å². The molecule has 1 rings (SSSR count). The van der Waals surface area contributed by atoms with Crippen LogP contribution in [0, 0.1) is 0 Å². The molecule has 2 atom stereocenters. The molecular formula is C13H23N3O4. The van der Waals surface area contributed by atoms with E-state index in [9.17, 15) is 14.4 Å². The molecule has 1 fully saturated rings. The van der Waals surface area contributed by atoms with Crippen LogP contribution < -0.4 is 10.6 Å². The molecule has 0 saturated carbocycles. The Hall–Kier alpha value is -1.63. The molecule has 0 radical (unpaired) electrons. The van der Waals surface area contributed by atoms with Crippen molar-refractivity contribution in [1.29, 1.82) is 0 Å². The summed E-state index contributed by atoms with van der Waals surface area (Å²) in [6.45, 7) is 4.24. The monoisotopic (exact) mass is 285 g/mol. The van der Waals surface area contributed by atoms with E-state index in [1.54, 1.807) is 6.92 Å². The zero-order chi connectivity index (χ0) is 15.1. The maximum absolute atomic E-state index is 12.0. The summed E-state index contributed by atoms with van der Waals surface area (Å²) in [5, 5.41) is 14.4. The first-order chi connectivity index (χ1) is 9.47. The van der Waals surface area contributed by atoms with Crippen molar-refractivity contribution in [1.82, 2.24) is 15.5 Å². The van der Waals surface area contributed by atoms with Crippen molar-refractivity contribution < 1.29 is 19.5 Å². The molecule has 1 heterocycles. The molecule has 0 aromatic heterocycles. The highest BCUT2D eigenvalue weighted by molar-refractivity contribution is 5.87. The first kappa shape index (κ1) is 16.4. The summed E-state index contributed by atoms with van der Waals surface area (Å²) in [4.78, 5) is 36.0. The molecule has 3 N–H and O–H groups in total. The summed E-state index contributed by atoms with van der Waals surface area (Å²) in [7, 11) is 0. The van der Waals surface area contributed by atoms with E-state index in [-0.39, 0.29) is 24.9 Å². The Morgan fingerprint density at radius 3 is 2.80 bits per heavy atom. The number of carboxylic acid groups (broad SMARTS) is 1. The van der Waals surface area contributed by atoms with Gasteiger partial charge in [0.1, 0.15) is 6.04 Å². The van der Waals surface area contributed by atoms with Gasteiger partial charge in [0.15, 0.2) is 0 Å². The third kappa shape index (κ3) is 4.48. The highest BCUT2D eigenvalue weighted by Gasteiger charge is 2.37. The van der Waals surface area contributed by atoms with Gasteiger partial charge in [0, 0.05) is 13.1 Å². The second-order valence-corrected chi connectivity index (χ2v) is 5.00. The Labute approximate surface area is 118 Å². The number of aliphatic carboxylic acids is 1. The van der Waals surface area contributed by atoms with Crippen molar-refractivity contribution in [2.24, 2.45) is 0 Å². The van der Waals surface area contributed by atoms with Gasteiger partial charge >= 0.3 is 5.97 Å². The lowest BCUT2D eigenvalue weighted by molar-refractivity contribution is -0.148. The lowest BCUT2D eigenvalue weighted by Gasteiger charge is -2.36. The Balaban J connectivity index is 2.57. The standard InChI is InChI=1S/C13H23N3O4/c1-3-4-5-6-14-12(18)9(2)16-8-11(17)15-7-10(16)13(19)20/h9-10H,3-8H2,1-2H3,(H,14,18)(H,15,17)(H,19,20). The van der Waals surface area contributed by atoms with Crippen molar-refractivity contribution in [3.63, 3.8) is 0 Å². The normalized spacial score (nSPS) is 21.1. The third-order valence-electron chi connectivity index (χ3n) is 3.46. The van der Waals surface area contributed by atoms with Crippen LogP contribution in [0.15, 0.2) is 0 Å². The van der Waals surface area contributed by atoms with Crippen LogP contribution >= 0.6 is 0 Å². The summed E-state index contributed by atoms with van der Waals surface area (Å²) in [6, 6.07) is -1.49. The average Bonchev–Trinajstić information content (AvgIpc) is 2.42. The number of nitrogens with one attached hydrogen (secondary N) is 2. The maximum atomic E-state index is 12.0. The van der Waals surface area contributed by atoms with Crippen LogP contribution in [0.1, 0.15) is 33.1 Å². The van der Waals surface area contributed by atoms with Crippen molar-refractivity contribution in [2.75, 3.05) is 19.6 Å². The number of hydrogen-bond donors (Lipinski definition) is 3. The predicted molar refractivity (Wildman–Crippen MR) is 73.1 cm³/mol. The molecule has 7 nitrogen and oxygen atoms in total. The van der Waals surface area contributed by atoms with Gasteiger partial charge in [-0.2, -0.15) is 0 Å². The van der Waals surface area contributed by atoms with E-state index in [0.29, 0.717) is 6.54 Å². The van der Waals surface area contributed by atoms with Gasteiger partial charge in [0.05, 0.1) is 12.6 Å². The highest BCUT2D eigenvalue weighted by Crippen LogP contribution is 2.10. The number of nitrogens with zero attached hydrogens (tertiary/aromatic N) is 1. The maximum Gasteiger partial charge on any atom is 0.322 e. The minimum Gasteiger partial charge on any atom is -0.480 e. The summed E-state index contributed by atoms with van der Waals surface area (Å²) in [6.07, 6.45) is 3.01. The summed E-state index contributed by atoms with van der Waals surface area (Å²) < 4.78 is 0. The fraction of sp³-hybridized carbons (Fsp3) is 0.769. The largest absolute Gasteiger partial charge is 0.480 e. The lowest BCUT2D eigenvalue weighted by atomic mass is 10.1. The molecule has 0 bridgehead atoms. The van der Waals surface area contributed by atoms with Crippen LogP contribution in [0.3, 0.4) is 0 Å². The molecule has 0 aliphatic carbocycles. The van der Waals surface area contributed by atoms with Crippen molar-refractivity contribution in [3.05, 3.63) is 0 Å². The first-order valence-electron chi connectivity index (χ1n) is 7.00. The molecule has 0 aromatic carbocycles. The highest BCUT2D eigenvalue weighted by atomic mass is 16.4. The number of carboxylic acids is 1. The van der Waals surface area contributed by atoms with E-state index in [1.165, 1.54) is 4.90 Å². The minimum absolute atomic E-state index is 0.0294. The number of piperazine rings is 1. The first-order valence-corrected chi connectivity index (χ1v) is 7.00. The summed E-state index contributed by atoms with van der Waals surface area (Å²) in [5.74, 6) is -1.52. The van der Waals surface area contributed by atoms with Gasteiger partial charge in [-0.3, -0.25) is 19.3 Å². The zero-order valence-electron chi connectivity index (χ0n) is 12.0. The molecule has 1 aliphatic heterocycles. The SMILES string of the molecule is CCCCCNC(=O)C(C)N1CC(=O)NCC1C(=O)O. The fourth-order valence-electron chi connectivity index (χ4n) is 2.18. The minimum atomic E-state index is -1.03. The third-order valence-corrected chi connectivity index (χ3v) is 3.46. The van der Waals surface area contributed by atoms with Gasteiger partial charge < -0.3 is 15.7 Å². The van der Waals surface area contributed by atoms with E-state index >= 15 is 0 Å². The number of amides is 2. The van der Waals surface area contributed by atoms with Gasteiger partial charge in [-0.15, -0.1) is 0 Å². The molecule has 1 aliphatic rings. The fourth-order valence-corrected chi connectivity index (χ4v) is 2.18. The molecule has 2 amide bonds. The van der Waals surface area contributed by atoms with Crippen LogP contribution in [0.5, 0.6) is 0 Å². The number of carbonyl (C=O) groups is 3. The Morgan fingerprint density at radius 2 is 2.20 bits per heavy atom. The van der Waals surface area contributed by atoms with Crippen molar-refractivity contribution in [3.8, 4) is 0 Å². The molecule has 7 heteroatoms. The van der Waals surface area contributed by atoms with Gasteiger partial charge in [0.25, 0.3) is 0 Å². The Kier molecular flexibility index (Phi) is 6.44. The second kappa shape index (κ2) is 7.84. The molecule has 2 unspecified atom stereocenters. The van der Waals surface area contributed by atoms with Crippen LogP contribution in [-0.4, -0.2) is 59.5 Å². The number of rotatable bonds is 7. The van der Waals surface area contributed by atoms with E-state index in [4.69, 9.17) is 5.11 Å². The van der Waals surface area contributed by atoms with E-state index in [0.717, 1.165) is 19.3 Å². The zero-order valence-corrected chi connectivity index (χ0v) is 12.0. The number of hydrogen-bond acceptors (Lipinski definition) is 4. The number of carbonyl (C=O) groups excluding carboxylic acids is 2. The number of unbranched alkanes of at least 4 members (excludes halogenated alkanes) is 2. The molecular weight excluding hydrogens is 262 g/mol. The van der Waals surface area contributed by atoms with Crippen molar-refractivity contribution in [2.45, 2.75) is 45.2 Å². The molecule has 0 aromatic rings. The topological polar surface area (TPSA) is 98.7 Å². The Morgan fingerprint density at radius 1 is 1.50 bits per heavy atom. The molecule has 1 saturated heterocycles. The Bertz CT molecular complexity index is 373. The predicted octanol–water partition coefficient (Wildman–Crippen LogP) is -0.434. The van der Waals surface area contributed by atoms with Gasteiger partial charge in [-0.25, -0.2) is 0 Å². The molecule has 0 spiro atoms. The molecule has 20 heavy (non-hydrogen) atoms. The average molecular weight is 285 g/mol. The van der Waals surface area contributed by atoms with E-state index < -0.39 is 18.1 Å².